The van der Waals surface area contributed by atoms with Crippen LogP contribution in [0.1, 0.15) is 28.1 Å². The van der Waals surface area contributed by atoms with Gasteiger partial charge in [0, 0.05) is 34.0 Å². The molecule has 6 heteroatoms. The number of halogens is 1. The summed E-state index contributed by atoms with van der Waals surface area (Å²) < 4.78 is 14.7. The van der Waals surface area contributed by atoms with E-state index >= 15 is 0 Å². The minimum absolute atomic E-state index is 0.238. The van der Waals surface area contributed by atoms with Crippen LogP contribution in [-0.2, 0) is 6.54 Å². The lowest BCUT2D eigenvalue weighted by Crippen LogP contribution is -2.23. The van der Waals surface area contributed by atoms with Gasteiger partial charge in [0.1, 0.15) is 10.7 Å². The molecule has 0 bridgehead atoms. The van der Waals surface area contributed by atoms with Crippen LogP contribution in [0.25, 0.3) is 10.1 Å². The van der Waals surface area contributed by atoms with Crippen LogP contribution in [0.15, 0.2) is 18.2 Å². The fourth-order valence-corrected chi connectivity index (χ4v) is 4.98. The first-order valence-corrected chi connectivity index (χ1v) is 8.79. The lowest BCUT2D eigenvalue weighted by atomic mass is 10.1. The molecule has 1 aromatic carbocycles. The molecule has 112 valence electrons. The molecule has 0 spiro atoms. The molecule has 3 rings (SSSR count). The van der Waals surface area contributed by atoms with Crippen molar-refractivity contribution in [2.45, 2.75) is 24.6 Å². The SMILES string of the molecule is O=C(O)c1sc2cccc(F)c2c1CNCC1CCCS1. The topological polar surface area (TPSA) is 49.3 Å². The third-order valence-electron chi connectivity index (χ3n) is 3.66. The zero-order chi connectivity index (χ0) is 14.8. The largest absolute Gasteiger partial charge is 0.477 e. The van der Waals surface area contributed by atoms with Crippen LogP contribution in [0.2, 0.25) is 0 Å². The number of rotatable bonds is 5. The molecule has 0 aliphatic carbocycles. The molecule has 2 heterocycles. The Kier molecular flexibility index (Phi) is 4.47. The van der Waals surface area contributed by atoms with Crippen LogP contribution in [0.3, 0.4) is 0 Å². The van der Waals surface area contributed by atoms with E-state index in [0.29, 0.717) is 27.4 Å². The first-order chi connectivity index (χ1) is 10.2. The number of carboxylic acids is 1. The highest BCUT2D eigenvalue weighted by Crippen LogP contribution is 2.33. The summed E-state index contributed by atoms with van der Waals surface area (Å²) in [7, 11) is 0. The number of thioether (sulfide) groups is 1. The van der Waals surface area contributed by atoms with Gasteiger partial charge >= 0.3 is 5.97 Å². The molecule has 2 aromatic rings. The van der Waals surface area contributed by atoms with Gasteiger partial charge in [-0.25, -0.2) is 9.18 Å². The normalized spacial score (nSPS) is 18.4. The van der Waals surface area contributed by atoms with Gasteiger partial charge in [0.25, 0.3) is 0 Å². The summed E-state index contributed by atoms with van der Waals surface area (Å²) in [5, 5.41) is 13.7. The van der Waals surface area contributed by atoms with Crippen LogP contribution in [0, 0.1) is 5.82 Å². The fourth-order valence-electron chi connectivity index (χ4n) is 2.67. The molecule has 1 aliphatic rings. The molecule has 0 radical (unpaired) electrons. The number of carboxylic acid groups (broad SMARTS) is 1. The number of hydrogen-bond donors (Lipinski definition) is 2. The smallest absolute Gasteiger partial charge is 0.346 e. The number of thiophene rings is 1. The summed E-state index contributed by atoms with van der Waals surface area (Å²) in [6, 6.07) is 4.77. The maximum atomic E-state index is 14.0. The van der Waals surface area contributed by atoms with Crippen molar-refractivity contribution in [1.82, 2.24) is 5.32 Å². The van der Waals surface area contributed by atoms with E-state index in [1.165, 1.54) is 24.7 Å². The quantitative estimate of drug-likeness (QED) is 0.879. The second kappa shape index (κ2) is 6.34. The molecule has 1 fully saturated rings. The second-order valence-corrected chi connectivity index (χ2v) is 7.55. The van der Waals surface area contributed by atoms with Gasteiger partial charge < -0.3 is 10.4 Å². The summed E-state index contributed by atoms with van der Waals surface area (Å²) in [6.45, 7) is 1.25. The van der Waals surface area contributed by atoms with Crippen molar-refractivity contribution in [2.24, 2.45) is 0 Å². The Hall–Kier alpha value is -1.11. The van der Waals surface area contributed by atoms with Gasteiger partial charge in [-0.3, -0.25) is 0 Å². The number of carbonyl (C=O) groups is 1. The van der Waals surface area contributed by atoms with E-state index < -0.39 is 5.97 Å². The summed E-state index contributed by atoms with van der Waals surface area (Å²) in [6.07, 6.45) is 2.44. The Balaban J connectivity index is 1.84. The maximum Gasteiger partial charge on any atom is 0.346 e. The van der Waals surface area contributed by atoms with Crippen molar-refractivity contribution in [2.75, 3.05) is 12.3 Å². The first kappa shape index (κ1) is 14.8. The van der Waals surface area contributed by atoms with Crippen molar-refractivity contribution in [3.8, 4) is 0 Å². The first-order valence-electron chi connectivity index (χ1n) is 6.92. The van der Waals surface area contributed by atoms with Crippen LogP contribution >= 0.6 is 23.1 Å². The molecule has 2 N–H and O–H groups in total. The minimum Gasteiger partial charge on any atom is -0.477 e. The van der Waals surface area contributed by atoms with Gasteiger partial charge in [-0.15, -0.1) is 11.3 Å². The van der Waals surface area contributed by atoms with E-state index in [-0.39, 0.29) is 10.7 Å². The molecule has 1 aliphatic heterocycles. The molecule has 1 saturated heterocycles. The average Bonchev–Trinajstić information content (AvgIpc) is 3.07. The van der Waals surface area contributed by atoms with Gasteiger partial charge in [-0.05, 0) is 30.7 Å². The zero-order valence-corrected chi connectivity index (χ0v) is 13.0. The summed E-state index contributed by atoms with van der Waals surface area (Å²) >= 11 is 3.09. The molecular formula is C15H16FNO2S2. The fraction of sp³-hybridized carbons (Fsp3) is 0.400. The van der Waals surface area contributed by atoms with Crippen molar-refractivity contribution in [1.29, 1.82) is 0 Å². The van der Waals surface area contributed by atoms with E-state index in [1.807, 2.05) is 11.8 Å². The summed E-state index contributed by atoms with van der Waals surface area (Å²) in [4.78, 5) is 11.6. The standard InChI is InChI=1S/C15H16FNO2S2/c16-11-4-1-5-12-13(11)10(14(21-12)15(18)19)8-17-7-9-3-2-6-20-9/h1,4-5,9,17H,2-3,6-8H2,(H,18,19). The number of benzene rings is 1. The van der Waals surface area contributed by atoms with Crippen LogP contribution in [-0.4, -0.2) is 28.6 Å². The highest BCUT2D eigenvalue weighted by atomic mass is 32.2. The summed E-state index contributed by atoms with van der Waals surface area (Å²) in [5.74, 6) is -0.131. The Morgan fingerprint density at radius 1 is 1.48 bits per heavy atom. The number of nitrogens with one attached hydrogen (secondary N) is 1. The van der Waals surface area contributed by atoms with Crippen molar-refractivity contribution >= 4 is 39.2 Å². The predicted molar refractivity (Wildman–Crippen MR) is 85.9 cm³/mol. The number of aromatic carboxylic acids is 1. The minimum atomic E-state index is -0.984. The van der Waals surface area contributed by atoms with E-state index in [1.54, 1.807) is 12.1 Å². The third-order valence-corrected chi connectivity index (χ3v) is 6.24. The molecule has 1 atom stereocenters. The highest BCUT2D eigenvalue weighted by Gasteiger charge is 2.21. The van der Waals surface area contributed by atoms with E-state index in [2.05, 4.69) is 5.32 Å². The van der Waals surface area contributed by atoms with E-state index in [9.17, 15) is 14.3 Å². The zero-order valence-electron chi connectivity index (χ0n) is 11.4. The monoisotopic (exact) mass is 325 g/mol. The molecule has 3 nitrogen and oxygen atoms in total. The molecule has 0 amide bonds. The Labute approximate surface area is 130 Å². The molecular weight excluding hydrogens is 309 g/mol. The molecule has 1 aromatic heterocycles. The average molecular weight is 325 g/mol. The molecule has 0 saturated carbocycles. The van der Waals surface area contributed by atoms with Crippen molar-refractivity contribution in [3.63, 3.8) is 0 Å². The van der Waals surface area contributed by atoms with Gasteiger partial charge in [0.15, 0.2) is 0 Å². The third kappa shape index (κ3) is 3.07. The molecule has 21 heavy (non-hydrogen) atoms. The lowest BCUT2D eigenvalue weighted by Gasteiger charge is -2.10. The van der Waals surface area contributed by atoms with Gasteiger partial charge in [0.2, 0.25) is 0 Å². The maximum absolute atomic E-state index is 14.0. The van der Waals surface area contributed by atoms with E-state index in [4.69, 9.17) is 0 Å². The van der Waals surface area contributed by atoms with Gasteiger partial charge in [0.05, 0.1) is 0 Å². The number of fused-ring (bicyclic) bond motifs is 1. The highest BCUT2D eigenvalue weighted by molar-refractivity contribution is 8.00. The van der Waals surface area contributed by atoms with E-state index in [0.717, 1.165) is 17.9 Å². The van der Waals surface area contributed by atoms with Crippen molar-refractivity contribution in [3.05, 3.63) is 34.5 Å². The lowest BCUT2D eigenvalue weighted by molar-refractivity contribution is 0.0701. The molecule has 1 unspecified atom stereocenters. The Morgan fingerprint density at radius 3 is 3.05 bits per heavy atom. The van der Waals surface area contributed by atoms with Crippen molar-refractivity contribution < 1.29 is 14.3 Å². The van der Waals surface area contributed by atoms with Gasteiger partial charge in [-0.2, -0.15) is 11.8 Å². The summed E-state index contributed by atoms with van der Waals surface area (Å²) in [5.41, 5.74) is 0.573. The Bertz CT molecular complexity index is 665. The van der Waals surface area contributed by atoms with Crippen LogP contribution < -0.4 is 5.32 Å². The van der Waals surface area contributed by atoms with Crippen LogP contribution in [0.4, 0.5) is 4.39 Å². The Morgan fingerprint density at radius 2 is 2.33 bits per heavy atom. The second-order valence-electron chi connectivity index (χ2n) is 5.09. The van der Waals surface area contributed by atoms with Crippen LogP contribution in [0.5, 0.6) is 0 Å². The predicted octanol–water partition coefficient (Wildman–Crippen LogP) is 3.72. The van der Waals surface area contributed by atoms with Gasteiger partial charge in [-0.1, -0.05) is 6.07 Å². The number of hydrogen-bond acceptors (Lipinski definition) is 4.